The highest BCUT2D eigenvalue weighted by Crippen LogP contribution is 2.28. The molecule has 0 aromatic heterocycles. The number of piperazine rings is 1. The topological polar surface area (TPSA) is 56.3 Å². The molecule has 8 heteroatoms. The van der Waals surface area contributed by atoms with Gasteiger partial charge in [-0.2, -0.15) is 0 Å². The van der Waals surface area contributed by atoms with E-state index in [9.17, 15) is 9.59 Å². The number of carbonyl (C=O) groups is 2. The predicted molar refractivity (Wildman–Crippen MR) is 149 cm³/mol. The van der Waals surface area contributed by atoms with Crippen molar-refractivity contribution in [2.45, 2.75) is 32.4 Å². The largest absolute Gasteiger partial charge is 0.490 e. The van der Waals surface area contributed by atoms with Crippen LogP contribution in [0.1, 0.15) is 25.3 Å². The number of halogens is 1. The van der Waals surface area contributed by atoms with Gasteiger partial charge in [0.2, 0.25) is 11.8 Å². The number of likely N-dealkylation sites (tertiary alicyclic amines) is 1. The third kappa shape index (κ3) is 8.03. The van der Waals surface area contributed by atoms with Crippen molar-refractivity contribution >= 4 is 27.7 Å². The monoisotopic (exact) mass is 570 g/mol. The van der Waals surface area contributed by atoms with Gasteiger partial charge in [-0.05, 0) is 30.3 Å². The van der Waals surface area contributed by atoms with Crippen LogP contribution in [0.3, 0.4) is 0 Å². The zero-order valence-corrected chi connectivity index (χ0v) is 23.6. The molecule has 2 atom stereocenters. The Bertz CT molecular complexity index is 1030. The molecule has 0 bridgehead atoms. The van der Waals surface area contributed by atoms with E-state index in [1.54, 1.807) is 4.90 Å². The smallest absolute Gasteiger partial charge is 0.236 e. The SMILES string of the molecule is CCN1CCN(CC(=O)N2CC[C@H](Oc3cccc(Br)c3)[C@@H](CC(=O)N(C)Cc3ccccc3)C2)CC1. The molecule has 2 saturated heterocycles. The van der Waals surface area contributed by atoms with Crippen molar-refractivity contribution in [3.8, 4) is 5.75 Å². The molecule has 0 N–H and O–H groups in total. The molecule has 2 aromatic carbocycles. The summed E-state index contributed by atoms with van der Waals surface area (Å²) in [6.45, 7) is 9.31. The highest BCUT2D eigenvalue weighted by molar-refractivity contribution is 9.10. The number of rotatable bonds is 9. The number of hydrogen-bond acceptors (Lipinski definition) is 5. The van der Waals surface area contributed by atoms with Gasteiger partial charge in [0, 0.05) is 76.1 Å². The zero-order chi connectivity index (χ0) is 26.2. The van der Waals surface area contributed by atoms with E-state index in [1.807, 2.05) is 66.5 Å². The van der Waals surface area contributed by atoms with Crippen LogP contribution in [-0.2, 0) is 16.1 Å². The third-order valence-electron chi connectivity index (χ3n) is 7.50. The van der Waals surface area contributed by atoms with Gasteiger partial charge in [0.1, 0.15) is 11.9 Å². The van der Waals surface area contributed by atoms with Crippen LogP contribution in [0.5, 0.6) is 5.75 Å². The summed E-state index contributed by atoms with van der Waals surface area (Å²) in [5.74, 6) is 0.935. The Morgan fingerprint density at radius 3 is 2.43 bits per heavy atom. The molecule has 0 spiro atoms. The van der Waals surface area contributed by atoms with Crippen LogP contribution in [-0.4, -0.2) is 96.9 Å². The fourth-order valence-corrected chi connectivity index (χ4v) is 5.56. The van der Waals surface area contributed by atoms with Crippen molar-refractivity contribution in [2.24, 2.45) is 5.92 Å². The quantitative estimate of drug-likeness (QED) is 0.460. The molecule has 0 unspecified atom stereocenters. The second kappa shape index (κ2) is 13.4. The van der Waals surface area contributed by atoms with Gasteiger partial charge >= 0.3 is 0 Å². The van der Waals surface area contributed by atoms with Gasteiger partial charge in [0.15, 0.2) is 0 Å². The van der Waals surface area contributed by atoms with E-state index in [2.05, 4.69) is 32.7 Å². The zero-order valence-electron chi connectivity index (χ0n) is 22.0. The maximum atomic E-state index is 13.3. The summed E-state index contributed by atoms with van der Waals surface area (Å²) in [6, 6.07) is 17.8. The van der Waals surface area contributed by atoms with Crippen LogP contribution in [0.2, 0.25) is 0 Å². The minimum absolute atomic E-state index is 0.0701. The van der Waals surface area contributed by atoms with Crippen molar-refractivity contribution in [3.05, 3.63) is 64.6 Å². The van der Waals surface area contributed by atoms with E-state index >= 15 is 0 Å². The Kier molecular flexibility index (Phi) is 10.00. The molecule has 7 nitrogen and oxygen atoms in total. The molecule has 2 heterocycles. The molecule has 2 fully saturated rings. The first kappa shape index (κ1) is 27.6. The minimum atomic E-state index is -0.125. The number of ether oxygens (including phenoxy) is 1. The molecule has 2 aliphatic heterocycles. The molecular formula is C29H39BrN4O3. The Balaban J connectivity index is 1.40. The van der Waals surface area contributed by atoms with E-state index in [4.69, 9.17) is 4.74 Å². The van der Waals surface area contributed by atoms with Crippen LogP contribution in [0.25, 0.3) is 0 Å². The molecule has 0 radical (unpaired) electrons. The predicted octanol–water partition coefficient (Wildman–Crippen LogP) is 3.73. The Morgan fingerprint density at radius 1 is 1.00 bits per heavy atom. The summed E-state index contributed by atoms with van der Waals surface area (Å²) in [5, 5.41) is 0. The summed E-state index contributed by atoms with van der Waals surface area (Å²) < 4.78 is 7.35. The summed E-state index contributed by atoms with van der Waals surface area (Å²) in [7, 11) is 1.85. The summed E-state index contributed by atoms with van der Waals surface area (Å²) in [4.78, 5) is 34.9. The van der Waals surface area contributed by atoms with Crippen LogP contribution >= 0.6 is 15.9 Å². The molecule has 0 aliphatic carbocycles. The number of likely N-dealkylation sites (N-methyl/N-ethyl adjacent to an activating group) is 1. The lowest BCUT2D eigenvalue weighted by Gasteiger charge is -2.40. The highest BCUT2D eigenvalue weighted by Gasteiger charge is 2.35. The second-order valence-corrected chi connectivity index (χ2v) is 11.1. The molecule has 4 rings (SSSR count). The van der Waals surface area contributed by atoms with Crippen LogP contribution < -0.4 is 4.74 Å². The Labute approximate surface area is 229 Å². The minimum Gasteiger partial charge on any atom is -0.490 e. The Hall–Kier alpha value is -2.42. The van der Waals surface area contributed by atoms with Crippen molar-refractivity contribution in [1.29, 1.82) is 0 Å². The van der Waals surface area contributed by atoms with Gasteiger partial charge in [-0.1, -0.05) is 59.3 Å². The van der Waals surface area contributed by atoms with Crippen molar-refractivity contribution in [3.63, 3.8) is 0 Å². The number of nitrogens with zero attached hydrogens (tertiary/aromatic N) is 4. The lowest BCUT2D eigenvalue weighted by Crippen LogP contribution is -2.53. The average molecular weight is 572 g/mol. The fourth-order valence-electron chi connectivity index (χ4n) is 5.18. The molecule has 2 aliphatic rings. The summed E-state index contributed by atoms with van der Waals surface area (Å²) in [6.07, 6.45) is 0.934. The van der Waals surface area contributed by atoms with Gasteiger partial charge in [-0.15, -0.1) is 0 Å². The van der Waals surface area contributed by atoms with Gasteiger partial charge in [0.25, 0.3) is 0 Å². The van der Waals surface area contributed by atoms with Crippen molar-refractivity contribution in [1.82, 2.24) is 19.6 Å². The number of hydrogen-bond donors (Lipinski definition) is 0. The maximum Gasteiger partial charge on any atom is 0.236 e. The number of piperidine rings is 1. The van der Waals surface area contributed by atoms with Crippen LogP contribution in [0, 0.1) is 5.92 Å². The van der Waals surface area contributed by atoms with Gasteiger partial charge in [-0.25, -0.2) is 0 Å². The Morgan fingerprint density at radius 2 is 1.73 bits per heavy atom. The van der Waals surface area contributed by atoms with Crippen molar-refractivity contribution in [2.75, 3.05) is 59.4 Å². The van der Waals surface area contributed by atoms with Gasteiger partial charge in [-0.3, -0.25) is 14.5 Å². The van der Waals surface area contributed by atoms with E-state index in [0.717, 1.165) is 48.5 Å². The van der Waals surface area contributed by atoms with Crippen LogP contribution in [0.4, 0.5) is 0 Å². The molecule has 0 saturated carbocycles. The van der Waals surface area contributed by atoms with Crippen LogP contribution in [0.15, 0.2) is 59.1 Å². The molecule has 37 heavy (non-hydrogen) atoms. The van der Waals surface area contributed by atoms with Gasteiger partial charge in [0.05, 0.1) is 6.54 Å². The normalized spacial score (nSPS) is 21.0. The first-order valence-electron chi connectivity index (χ1n) is 13.3. The number of benzene rings is 2. The number of carbonyl (C=O) groups excluding carboxylic acids is 2. The molecule has 2 amide bonds. The maximum absolute atomic E-state index is 13.3. The standard InChI is InChI=1S/C29H39BrN4O3/c1-3-32-14-16-33(17-15-32)22-29(36)34-13-12-27(37-26-11-7-10-25(30)19-26)24(21-34)18-28(35)31(2)20-23-8-5-4-6-9-23/h4-11,19,24,27H,3,12-18,20-22H2,1-2H3/t24-,27-/m0/s1. The van der Waals surface area contributed by atoms with Gasteiger partial charge < -0.3 is 19.4 Å². The van der Waals surface area contributed by atoms with E-state index in [1.165, 1.54) is 0 Å². The fraction of sp³-hybridized carbons (Fsp3) is 0.517. The lowest BCUT2D eigenvalue weighted by atomic mass is 9.90. The van der Waals surface area contributed by atoms with Crippen molar-refractivity contribution < 1.29 is 14.3 Å². The summed E-state index contributed by atoms with van der Waals surface area (Å²) in [5.41, 5.74) is 1.10. The first-order valence-corrected chi connectivity index (χ1v) is 14.1. The molecule has 2 aromatic rings. The third-order valence-corrected chi connectivity index (χ3v) is 7.99. The van der Waals surface area contributed by atoms with E-state index in [-0.39, 0.29) is 23.8 Å². The average Bonchev–Trinajstić information content (AvgIpc) is 2.90. The molecule has 200 valence electrons. The number of amides is 2. The first-order chi connectivity index (χ1) is 17.9. The highest BCUT2D eigenvalue weighted by atomic mass is 79.9. The van der Waals surface area contributed by atoms with E-state index in [0.29, 0.717) is 39.0 Å². The summed E-state index contributed by atoms with van der Waals surface area (Å²) >= 11 is 3.52. The lowest BCUT2D eigenvalue weighted by molar-refractivity contribution is -0.140. The molecular weight excluding hydrogens is 532 g/mol. The van der Waals surface area contributed by atoms with E-state index < -0.39 is 0 Å². The second-order valence-electron chi connectivity index (χ2n) is 10.2.